The topological polar surface area (TPSA) is 41.6 Å². The number of unbranched alkanes of at least 4 members (excludes halogenated alkanes) is 15. The van der Waals surface area contributed by atoms with Crippen molar-refractivity contribution in [2.75, 3.05) is 6.54 Å². The predicted molar refractivity (Wildman–Crippen MR) is 154 cm³/mol. The lowest BCUT2D eigenvalue weighted by Crippen LogP contribution is -2.65. The molecule has 0 radical (unpaired) electrons. The van der Waals surface area contributed by atoms with Gasteiger partial charge >= 0.3 is 0 Å². The molecule has 4 nitrogen and oxygen atoms in total. The van der Waals surface area contributed by atoms with E-state index < -0.39 is 11.3 Å². The van der Waals surface area contributed by atoms with E-state index in [4.69, 9.17) is 4.74 Å². The number of piperidine rings is 1. The normalized spacial score (nSPS) is 24.6. The van der Waals surface area contributed by atoms with Crippen molar-refractivity contribution in [1.29, 1.82) is 0 Å². The first-order chi connectivity index (χ1) is 17.0. The molecule has 0 bridgehead atoms. The Kier molecular flexibility index (Phi) is 12.7. The van der Waals surface area contributed by atoms with E-state index in [9.17, 15) is 4.79 Å². The average Bonchev–Trinajstić information content (AvgIpc) is 2.95. The fraction of sp³-hybridized carbons (Fsp3) is 0.969. The highest BCUT2D eigenvalue weighted by atomic mass is 16.6. The van der Waals surface area contributed by atoms with Gasteiger partial charge in [0.1, 0.15) is 5.72 Å². The van der Waals surface area contributed by atoms with E-state index in [0.717, 1.165) is 32.2 Å². The van der Waals surface area contributed by atoms with Gasteiger partial charge in [0.05, 0.1) is 0 Å². The molecule has 1 spiro atoms. The van der Waals surface area contributed by atoms with Gasteiger partial charge in [-0.1, -0.05) is 103 Å². The monoisotopic (exact) mass is 506 g/mol. The van der Waals surface area contributed by atoms with E-state index in [1.54, 1.807) is 0 Å². The summed E-state index contributed by atoms with van der Waals surface area (Å²) in [6.45, 7) is 16.1. The number of carbonyl (C=O) groups is 1. The summed E-state index contributed by atoms with van der Waals surface area (Å²) in [4.78, 5) is 15.7. The van der Waals surface area contributed by atoms with Crippen LogP contribution in [0.2, 0.25) is 0 Å². The number of hydrogen-bond acceptors (Lipinski definition) is 3. The van der Waals surface area contributed by atoms with Gasteiger partial charge in [0, 0.05) is 30.5 Å². The van der Waals surface area contributed by atoms with Gasteiger partial charge < -0.3 is 15.0 Å². The van der Waals surface area contributed by atoms with Crippen LogP contribution in [0.3, 0.4) is 0 Å². The highest BCUT2D eigenvalue weighted by Gasteiger charge is 2.62. The Hall–Kier alpha value is -0.610. The van der Waals surface area contributed by atoms with E-state index >= 15 is 0 Å². The molecule has 4 heteroatoms. The Balaban J connectivity index is 1.61. The van der Waals surface area contributed by atoms with Crippen molar-refractivity contribution in [2.45, 2.75) is 193 Å². The van der Waals surface area contributed by atoms with Crippen LogP contribution in [0.1, 0.15) is 170 Å². The minimum Gasteiger partial charge on any atom is -0.339 e. The van der Waals surface area contributed by atoms with Crippen molar-refractivity contribution >= 4 is 5.91 Å². The molecule has 1 N–H and O–H groups in total. The standard InChI is InChI=1S/C32H62N2O2/c1-8-10-11-12-13-14-15-16-17-18-19-20-21-22-23-24-25-31(7)34(9-2)28(35)32(36-31)26-29(3,4)33-30(5,6)27-32/h33H,8-27H2,1-7H3. The zero-order chi connectivity index (χ0) is 26.7. The van der Waals surface area contributed by atoms with Gasteiger partial charge in [-0.25, -0.2) is 0 Å². The number of likely N-dealkylation sites (N-methyl/N-ethyl adjacent to an activating group) is 1. The maximum Gasteiger partial charge on any atom is 0.257 e. The molecule has 1 unspecified atom stereocenters. The van der Waals surface area contributed by atoms with E-state index in [2.05, 4.69) is 53.8 Å². The van der Waals surface area contributed by atoms with Crippen LogP contribution in [0.25, 0.3) is 0 Å². The summed E-state index contributed by atoms with van der Waals surface area (Å²) in [5, 5.41) is 3.71. The van der Waals surface area contributed by atoms with Crippen LogP contribution < -0.4 is 5.32 Å². The molecule has 212 valence electrons. The van der Waals surface area contributed by atoms with Gasteiger partial charge in [0.2, 0.25) is 0 Å². The number of nitrogens with zero attached hydrogens (tertiary/aromatic N) is 1. The zero-order valence-corrected chi connectivity index (χ0v) is 25.4. The maximum atomic E-state index is 13.6. The fourth-order valence-corrected chi connectivity index (χ4v) is 7.36. The van der Waals surface area contributed by atoms with Crippen LogP contribution >= 0.6 is 0 Å². The zero-order valence-electron chi connectivity index (χ0n) is 25.4. The molecule has 1 atom stereocenters. The molecule has 2 heterocycles. The molecular formula is C32H62N2O2. The average molecular weight is 507 g/mol. The number of nitrogens with one attached hydrogen (secondary N) is 1. The molecule has 36 heavy (non-hydrogen) atoms. The van der Waals surface area contributed by atoms with Gasteiger partial charge in [0.15, 0.2) is 5.60 Å². The SMILES string of the molecule is CCCCCCCCCCCCCCCCCCC1(C)OC2(CC(C)(C)NC(C)(C)C2)C(=O)N1CC. The largest absolute Gasteiger partial charge is 0.339 e. The second kappa shape index (κ2) is 14.5. The van der Waals surface area contributed by atoms with Gasteiger partial charge in [-0.3, -0.25) is 4.79 Å². The first-order valence-corrected chi connectivity index (χ1v) is 15.8. The molecule has 0 saturated carbocycles. The molecule has 0 aromatic rings. The molecule has 1 amide bonds. The van der Waals surface area contributed by atoms with E-state index in [1.807, 2.05) is 4.90 Å². The first kappa shape index (κ1) is 31.6. The van der Waals surface area contributed by atoms with Gasteiger partial charge in [-0.05, 0) is 54.4 Å². The van der Waals surface area contributed by atoms with Gasteiger partial charge in [0.25, 0.3) is 5.91 Å². The molecule has 2 saturated heterocycles. The lowest BCUT2D eigenvalue weighted by Gasteiger charge is -2.50. The molecule has 0 aromatic carbocycles. The van der Waals surface area contributed by atoms with Crippen molar-refractivity contribution in [2.24, 2.45) is 0 Å². The van der Waals surface area contributed by atoms with Crippen LogP contribution in [0.15, 0.2) is 0 Å². The Morgan fingerprint density at radius 1 is 0.667 bits per heavy atom. The lowest BCUT2D eigenvalue weighted by atomic mass is 9.72. The Labute approximate surface area is 225 Å². The number of ether oxygens (including phenoxy) is 1. The van der Waals surface area contributed by atoms with Crippen LogP contribution in [0.4, 0.5) is 0 Å². The summed E-state index contributed by atoms with van der Waals surface area (Å²) in [5.74, 6) is 0.214. The number of rotatable bonds is 18. The van der Waals surface area contributed by atoms with Crippen molar-refractivity contribution in [1.82, 2.24) is 10.2 Å². The van der Waals surface area contributed by atoms with E-state index in [-0.39, 0.29) is 17.0 Å². The Morgan fingerprint density at radius 3 is 1.44 bits per heavy atom. The Bertz CT molecular complexity index is 628. The van der Waals surface area contributed by atoms with Crippen LogP contribution in [-0.4, -0.2) is 39.8 Å². The van der Waals surface area contributed by atoms with Crippen molar-refractivity contribution in [3.05, 3.63) is 0 Å². The predicted octanol–water partition coefficient (Wildman–Crippen LogP) is 8.91. The minimum atomic E-state index is -0.682. The van der Waals surface area contributed by atoms with E-state index in [0.29, 0.717) is 0 Å². The van der Waals surface area contributed by atoms with Crippen molar-refractivity contribution in [3.8, 4) is 0 Å². The second-order valence-electron chi connectivity index (χ2n) is 13.6. The lowest BCUT2D eigenvalue weighted by molar-refractivity contribution is -0.165. The quantitative estimate of drug-likeness (QED) is 0.189. The van der Waals surface area contributed by atoms with Gasteiger partial charge in [-0.2, -0.15) is 0 Å². The third kappa shape index (κ3) is 9.61. The molecule has 2 fully saturated rings. The van der Waals surface area contributed by atoms with Crippen LogP contribution in [0, 0.1) is 0 Å². The Morgan fingerprint density at radius 2 is 1.06 bits per heavy atom. The molecule has 2 aliphatic heterocycles. The third-order valence-electron chi connectivity index (χ3n) is 8.56. The summed E-state index contributed by atoms with van der Waals surface area (Å²) in [6, 6.07) is 0. The molecule has 0 aromatic heterocycles. The summed E-state index contributed by atoms with van der Waals surface area (Å²) in [7, 11) is 0. The fourth-order valence-electron chi connectivity index (χ4n) is 7.36. The molecular weight excluding hydrogens is 444 g/mol. The third-order valence-corrected chi connectivity index (χ3v) is 8.56. The smallest absolute Gasteiger partial charge is 0.257 e. The van der Waals surface area contributed by atoms with Crippen LogP contribution in [0.5, 0.6) is 0 Å². The summed E-state index contributed by atoms with van der Waals surface area (Å²) >= 11 is 0. The van der Waals surface area contributed by atoms with E-state index in [1.165, 1.54) is 96.3 Å². The number of amides is 1. The molecule has 0 aliphatic carbocycles. The summed E-state index contributed by atoms with van der Waals surface area (Å²) in [5.41, 5.74) is -1.38. The van der Waals surface area contributed by atoms with Gasteiger partial charge in [-0.15, -0.1) is 0 Å². The number of carbonyl (C=O) groups excluding carboxylic acids is 1. The summed E-state index contributed by atoms with van der Waals surface area (Å²) < 4.78 is 6.83. The second-order valence-corrected chi connectivity index (χ2v) is 13.6. The van der Waals surface area contributed by atoms with Crippen molar-refractivity contribution in [3.63, 3.8) is 0 Å². The molecule has 2 rings (SSSR count). The highest BCUT2D eigenvalue weighted by Crippen LogP contribution is 2.48. The maximum absolute atomic E-state index is 13.6. The highest BCUT2D eigenvalue weighted by molar-refractivity contribution is 5.88. The molecule has 2 aliphatic rings. The summed E-state index contributed by atoms with van der Waals surface area (Å²) in [6.07, 6.45) is 24.5. The first-order valence-electron chi connectivity index (χ1n) is 15.8. The minimum absolute atomic E-state index is 0.115. The van der Waals surface area contributed by atoms with Crippen molar-refractivity contribution < 1.29 is 9.53 Å². The van der Waals surface area contributed by atoms with Crippen LogP contribution in [-0.2, 0) is 9.53 Å². The number of hydrogen-bond donors (Lipinski definition) is 1.